The first kappa shape index (κ1) is 16.4. The molecule has 1 saturated carbocycles. The fraction of sp³-hybridized carbons (Fsp3) is 0.615. The summed E-state index contributed by atoms with van der Waals surface area (Å²) < 4.78 is 26.4. The van der Waals surface area contributed by atoms with Crippen molar-refractivity contribution in [2.24, 2.45) is 11.7 Å². The molecule has 1 heterocycles. The van der Waals surface area contributed by atoms with Gasteiger partial charge in [0.15, 0.2) is 0 Å². The zero-order valence-corrected chi connectivity index (χ0v) is 13.4. The molecule has 4 N–H and O–H groups in total. The summed E-state index contributed by atoms with van der Waals surface area (Å²) in [6.07, 6.45) is 4.13. The maximum Gasteiger partial charge on any atom is 0.250 e. The molecular formula is C13H21N3O3S2. The largest absolute Gasteiger partial charge is 0.352 e. The van der Waals surface area contributed by atoms with Gasteiger partial charge in [-0.25, -0.2) is 13.1 Å². The molecule has 0 aromatic carbocycles. The topological polar surface area (TPSA) is 101 Å². The highest BCUT2D eigenvalue weighted by molar-refractivity contribution is 7.91. The predicted octanol–water partition coefficient (Wildman–Crippen LogP) is 0.660. The number of rotatable bonds is 6. The Labute approximate surface area is 129 Å². The Balaban J connectivity index is 1.85. The lowest BCUT2D eigenvalue weighted by molar-refractivity contribution is -0.121. The number of amides is 1. The molecule has 2 atom stereocenters. The molecule has 2 rings (SSSR count). The lowest BCUT2D eigenvalue weighted by Crippen LogP contribution is -2.47. The summed E-state index contributed by atoms with van der Waals surface area (Å²) in [4.78, 5) is 11.9. The first-order valence-electron chi connectivity index (χ1n) is 7.05. The van der Waals surface area contributed by atoms with Gasteiger partial charge < -0.3 is 11.1 Å². The fourth-order valence-corrected chi connectivity index (χ4v) is 4.61. The van der Waals surface area contributed by atoms with Gasteiger partial charge in [-0.1, -0.05) is 18.9 Å². The van der Waals surface area contributed by atoms with Gasteiger partial charge in [0.1, 0.15) is 4.21 Å². The Morgan fingerprint density at radius 2 is 2.14 bits per heavy atom. The normalized spacial score (nSPS) is 22.9. The Morgan fingerprint density at radius 3 is 2.81 bits per heavy atom. The molecule has 2 unspecified atom stereocenters. The van der Waals surface area contributed by atoms with Crippen LogP contribution in [0.25, 0.3) is 0 Å². The van der Waals surface area contributed by atoms with E-state index in [9.17, 15) is 13.2 Å². The third kappa shape index (κ3) is 4.50. The second kappa shape index (κ2) is 7.35. The van der Waals surface area contributed by atoms with E-state index in [0.29, 0.717) is 6.54 Å². The molecule has 0 saturated heterocycles. The van der Waals surface area contributed by atoms with Gasteiger partial charge in [-0.05, 0) is 36.8 Å². The standard InChI is InChI=1S/C13H21N3O3S2/c14-8-10-4-1-2-5-11(10)16-12(17)9-15-21(18,19)13-6-3-7-20-13/h3,6-7,10-11,15H,1-2,4-5,8-9,14H2,(H,16,17). The van der Waals surface area contributed by atoms with Crippen LogP contribution in [0.15, 0.2) is 21.7 Å². The lowest BCUT2D eigenvalue weighted by Gasteiger charge is -2.31. The monoisotopic (exact) mass is 331 g/mol. The van der Waals surface area contributed by atoms with Crippen LogP contribution in [-0.2, 0) is 14.8 Å². The van der Waals surface area contributed by atoms with Crippen LogP contribution in [-0.4, -0.2) is 33.5 Å². The molecule has 21 heavy (non-hydrogen) atoms. The van der Waals surface area contributed by atoms with Crippen LogP contribution in [0.5, 0.6) is 0 Å². The zero-order chi connectivity index (χ0) is 15.3. The van der Waals surface area contributed by atoms with E-state index in [-0.39, 0.29) is 28.6 Å². The number of carbonyl (C=O) groups is 1. The summed E-state index contributed by atoms with van der Waals surface area (Å²) in [6, 6.07) is 3.23. The first-order valence-corrected chi connectivity index (χ1v) is 9.42. The van der Waals surface area contributed by atoms with Crippen LogP contribution in [0.2, 0.25) is 0 Å². The number of hydrogen-bond acceptors (Lipinski definition) is 5. The van der Waals surface area contributed by atoms with E-state index in [0.717, 1.165) is 37.0 Å². The third-order valence-electron chi connectivity index (χ3n) is 3.74. The van der Waals surface area contributed by atoms with E-state index in [1.807, 2.05) is 0 Å². The van der Waals surface area contributed by atoms with E-state index >= 15 is 0 Å². The van der Waals surface area contributed by atoms with E-state index in [1.165, 1.54) is 6.07 Å². The molecule has 8 heteroatoms. The summed E-state index contributed by atoms with van der Waals surface area (Å²) in [5.41, 5.74) is 5.72. The Morgan fingerprint density at radius 1 is 1.38 bits per heavy atom. The quantitative estimate of drug-likeness (QED) is 0.713. The van der Waals surface area contributed by atoms with E-state index in [4.69, 9.17) is 5.73 Å². The highest BCUT2D eigenvalue weighted by atomic mass is 32.2. The number of sulfonamides is 1. The smallest absolute Gasteiger partial charge is 0.250 e. The summed E-state index contributed by atoms with van der Waals surface area (Å²) >= 11 is 1.12. The van der Waals surface area contributed by atoms with Crippen molar-refractivity contribution >= 4 is 27.3 Å². The molecule has 0 spiro atoms. The Kier molecular flexibility index (Phi) is 5.74. The van der Waals surface area contributed by atoms with Crippen LogP contribution in [0.3, 0.4) is 0 Å². The SMILES string of the molecule is NCC1CCCCC1NC(=O)CNS(=O)(=O)c1cccs1. The van der Waals surface area contributed by atoms with Gasteiger partial charge in [0.2, 0.25) is 5.91 Å². The number of hydrogen-bond donors (Lipinski definition) is 3. The molecule has 1 aliphatic carbocycles. The van der Waals surface area contributed by atoms with Crippen molar-refractivity contribution in [3.63, 3.8) is 0 Å². The highest BCUT2D eigenvalue weighted by Gasteiger charge is 2.25. The Bertz CT molecular complexity index is 557. The number of nitrogens with one attached hydrogen (secondary N) is 2. The molecule has 1 amide bonds. The van der Waals surface area contributed by atoms with E-state index in [2.05, 4.69) is 10.0 Å². The predicted molar refractivity (Wildman–Crippen MR) is 82.5 cm³/mol. The summed E-state index contributed by atoms with van der Waals surface area (Å²) in [5, 5.41) is 4.58. The van der Waals surface area contributed by atoms with Gasteiger partial charge in [-0.15, -0.1) is 11.3 Å². The van der Waals surface area contributed by atoms with Crippen molar-refractivity contribution in [1.82, 2.24) is 10.0 Å². The molecule has 0 bridgehead atoms. The van der Waals surface area contributed by atoms with Gasteiger partial charge in [0, 0.05) is 6.04 Å². The minimum absolute atomic E-state index is 0.0579. The molecule has 0 radical (unpaired) electrons. The van der Waals surface area contributed by atoms with Crippen molar-refractivity contribution in [3.8, 4) is 0 Å². The summed E-state index contributed by atoms with van der Waals surface area (Å²) in [5.74, 6) is -0.0166. The second-order valence-electron chi connectivity index (χ2n) is 5.21. The van der Waals surface area contributed by atoms with Crippen molar-refractivity contribution < 1.29 is 13.2 Å². The number of carbonyl (C=O) groups excluding carboxylic acids is 1. The average molecular weight is 331 g/mol. The summed E-state index contributed by atoms with van der Waals surface area (Å²) in [6.45, 7) is 0.305. The maximum absolute atomic E-state index is 11.9. The van der Waals surface area contributed by atoms with Crippen molar-refractivity contribution in [2.75, 3.05) is 13.1 Å². The highest BCUT2D eigenvalue weighted by Crippen LogP contribution is 2.23. The minimum Gasteiger partial charge on any atom is -0.352 e. The molecule has 0 aliphatic heterocycles. The molecule has 6 nitrogen and oxygen atoms in total. The van der Waals surface area contributed by atoms with Crippen molar-refractivity contribution in [1.29, 1.82) is 0 Å². The zero-order valence-electron chi connectivity index (χ0n) is 11.7. The molecular weight excluding hydrogens is 310 g/mol. The number of thiophene rings is 1. The summed E-state index contributed by atoms with van der Waals surface area (Å²) in [7, 11) is -3.59. The van der Waals surface area contributed by atoms with Crippen LogP contribution < -0.4 is 15.8 Å². The van der Waals surface area contributed by atoms with Gasteiger partial charge in [0.05, 0.1) is 6.54 Å². The van der Waals surface area contributed by atoms with E-state index < -0.39 is 10.0 Å². The lowest BCUT2D eigenvalue weighted by atomic mass is 9.84. The van der Waals surface area contributed by atoms with Crippen molar-refractivity contribution in [3.05, 3.63) is 17.5 Å². The minimum atomic E-state index is -3.59. The average Bonchev–Trinajstić information content (AvgIpc) is 3.01. The fourth-order valence-electron chi connectivity index (χ4n) is 2.59. The number of nitrogens with two attached hydrogens (primary N) is 1. The van der Waals surface area contributed by atoms with Crippen molar-refractivity contribution in [2.45, 2.75) is 35.9 Å². The van der Waals surface area contributed by atoms with Crippen LogP contribution in [0.4, 0.5) is 0 Å². The maximum atomic E-state index is 11.9. The molecule has 1 aliphatic rings. The first-order chi connectivity index (χ1) is 10.0. The van der Waals surface area contributed by atoms with Gasteiger partial charge in [0.25, 0.3) is 10.0 Å². The molecule has 118 valence electrons. The van der Waals surface area contributed by atoms with Gasteiger partial charge in [-0.2, -0.15) is 0 Å². The van der Waals surface area contributed by atoms with Gasteiger partial charge >= 0.3 is 0 Å². The van der Waals surface area contributed by atoms with E-state index in [1.54, 1.807) is 11.4 Å². The second-order valence-corrected chi connectivity index (χ2v) is 8.15. The molecule has 1 fully saturated rings. The van der Waals surface area contributed by atoms with Crippen LogP contribution in [0, 0.1) is 5.92 Å². The Hall–Kier alpha value is -0.960. The van der Waals surface area contributed by atoms with Gasteiger partial charge in [-0.3, -0.25) is 4.79 Å². The third-order valence-corrected chi connectivity index (χ3v) is 6.54. The van der Waals surface area contributed by atoms with Crippen LogP contribution in [0.1, 0.15) is 25.7 Å². The van der Waals surface area contributed by atoms with Crippen LogP contribution >= 0.6 is 11.3 Å². The molecule has 1 aromatic rings. The molecule has 1 aromatic heterocycles.